The molecule has 0 N–H and O–H groups in total. The maximum Gasteiger partial charge on any atom is 0.309 e. The minimum Gasteiger partial charge on any atom is -0.462 e. The quantitative estimate of drug-likeness (QED) is 0.154. The molecule has 0 radical (unpaired) electrons. The Kier molecular flexibility index (Phi) is 10.6. The Labute approximate surface area is 221 Å². The first-order chi connectivity index (χ1) is 16.0. The van der Waals surface area contributed by atoms with Crippen LogP contribution in [-0.2, 0) is 9.53 Å². The first kappa shape index (κ1) is 31.3. The third kappa shape index (κ3) is 6.55. The van der Waals surface area contributed by atoms with Crippen LogP contribution < -0.4 is 0 Å². The van der Waals surface area contributed by atoms with Gasteiger partial charge in [-0.15, -0.1) is 0 Å². The molecule has 0 aromatic carbocycles. The zero-order valence-corrected chi connectivity index (χ0v) is 27.6. The van der Waals surface area contributed by atoms with Crippen LogP contribution >= 0.6 is 8.22 Å². The first-order valence-corrected chi connectivity index (χ1v) is 19.3. The summed E-state index contributed by atoms with van der Waals surface area (Å²) < 4.78 is 12.1. The molecular weight excluding hydrogens is 467 g/mol. The van der Waals surface area contributed by atoms with E-state index in [1.54, 1.807) is 0 Å². The number of hydrogen-bond acceptors (Lipinski definition) is 4. The van der Waals surface area contributed by atoms with Crippen LogP contribution in [-0.4, -0.2) is 58.4 Å². The Morgan fingerprint density at radius 2 is 1.31 bits per heavy atom. The fraction of sp³-hybridized carbons (Fsp3) is 0.966. The van der Waals surface area contributed by atoms with Gasteiger partial charge in [0.15, 0.2) is 0 Å². The third-order valence-corrected chi connectivity index (χ3v) is 18.3. The van der Waals surface area contributed by atoms with Crippen LogP contribution in [0.2, 0.25) is 19.6 Å². The maximum atomic E-state index is 14.0. The standard InChI is InChI=1S/C29H59N2O2PSi/c1-19(2)25-16-15-24(11)17-27(25)33-28(32)26-18-29(26,35(12,13)14)34(30(20(3)4)21(5)6)31(22(7)8)23(9)10/h19-27H,15-18H2,1-14H3/t24-,25+,26+,27-,29-/m1/s1. The Morgan fingerprint density at radius 1 is 0.857 bits per heavy atom. The van der Waals surface area contributed by atoms with Crippen molar-refractivity contribution < 1.29 is 9.53 Å². The lowest BCUT2D eigenvalue weighted by Crippen LogP contribution is -2.54. The first-order valence-electron chi connectivity index (χ1n) is 14.5. The van der Waals surface area contributed by atoms with Crippen LogP contribution in [0.4, 0.5) is 0 Å². The van der Waals surface area contributed by atoms with E-state index >= 15 is 0 Å². The number of carbonyl (C=O) groups excluding carboxylic acids is 1. The fourth-order valence-corrected chi connectivity index (χ4v) is 15.6. The molecule has 0 bridgehead atoms. The summed E-state index contributed by atoms with van der Waals surface area (Å²) in [4.78, 5) is 14.0. The highest BCUT2D eigenvalue weighted by molar-refractivity contribution is 7.58. The van der Waals surface area contributed by atoms with Gasteiger partial charge in [-0.25, -0.2) is 0 Å². The number of esters is 1. The van der Waals surface area contributed by atoms with Gasteiger partial charge in [0.05, 0.1) is 14.0 Å². The molecule has 0 aromatic rings. The molecule has 35 heavy (non-hydrogen) atoms. The van der Waals surface area contributed by atoms with Crippen molar-refractivity contribution in [3.05, 3.63) is 0 Å². The predicted octanol–water partition coefficient (Wildman–Crippen LogP) is 8.18. The Balaban J connectivity index is 2.50. The Hall–Kier alpha value is 0.0369. The van der Waals surface area contributed by atoms with Crippen molar-refractivity contribution in [2.75, 3.05) is 0 Å². The highest BCUT2D eigenvalue weighted by Gasteiger charge is 2.72. The molecule has 0 heterocycles. The van der Waals surface area contributed by atoms with Crippen LogP contribution in [0.3, 0.4) is 0 Å². The van der Waals surface area contributed by atoms with Gasteiger partial charge in [0.2, 0.25) is 0 Å². The minimum atomic E-state index is -1.75. The molecule has 0 aliphatic heterocycles. The van der Waals surface area contributed by atoms with E-state index in [0.29, 0.717) is 41.9 Å². The van der Waals surface area contributed by atoms with E-state index in [1.807, 2.05) is 0 Å². The zero-order valence-electron chi connectivity index (χ0n) is 25.7. The van der Waals surface area contributed by atoms with Gasteiger partial charge in [-0.2, -0.15) is 0 Å². The lowest BCUT2D eigenvalue weighted by molar-refractivity contribution is -0.157. The summed E-state index contributed by atoms with van der Waals surface area (Å²) in [5.74, 6) is 1.88. The molecule has 2 aliphatic carbocycles. The second kappa shape index (κ2) is 11.8. The number of rotatable bonds is 11. The van der Waals surface area contributed by atoms with E-state index in [1.165, 1.54) is 12.8 Å². The van der Waals surface area contributed by atoms with Gasteiger partial charge in [-0.05, 0) is 92.4 Å². The van der Waals surface area contributed by atoms with Crippen LogP contribution in [0.5, 0.6) is 0 Å². The second-order valence-electron chi connectivity index (χ2n) is 14.2. The monoisotopic (exact) mass is 526 g/mol. The fourth-order valence-electron chi connectivity index (χ4n) is 6.96. The van der Waals surface area contributed by atoms with Crippen LogP contribution in [0, 0.1) is 23.7 Å². The van der Waals surface area contributed by atoms with Crippen molar-refractivity contribution in [2.24, 2.45) is 23.7 Å². The smallest absolute Gasteiger partial charge is 0.309 e. The number of nitrogens with zero attached hydrogens (tertiary/aromatic N) is 2. The summed E-state index contributed by atoms with van der Waals surface area (Å²) >= 11 is 0. The molecule has 2 rings (SSSR count). The van der Waals surface area contributed by atoms with Gasteiger partial charge in [-0.1, -0.05) is 46.8 Å². The topological polar surface area (TPSA) is 32.8 Å². The highest BCUT2D eigenvalue weighted by Crippen LogP contribution is 2.75. The van der Waals surface area contributed by atoms with Crippen molar-refractivity contribution in [1.29, 1.82) is 0 Å². The Morgan fingerprint density at radius 3 is 1.69 bits per heavy atom. The number of ether oxygens (including phenoxy) is 1. The molecule has 0 aromatic heterocycles. The van der Waals surface area contributed by atoms with E-state index in [2.05, 4.69) is 105 Å². The third-order valence-electron chi connectivity index (χ3n) is 8.65. The largest absolute Gasteiger partial charge is 0.462 e. The van der Waals surface area contributed by atoms with Crippen LogP contribution in [0.1, 0.15) is 102 Å². The molecular formula is C29H59N2O2PSi. The second-order valence-corrected chi connectivity index (χ2v) is 22.3. The van der Waals surface area contributed by atoms with Gasteiger partial charge in [0.1, 0.15) is 6.10 Å². The van der Waals surface area contributed by atoms with Gasteiger partial charge < -0.3 is 4.74 Å². The van der Waals surface area contributed by atoms with E-state index in [9.17, 15) is 4.79 Å². The summed E-state index contributed by atoms with van der Waals surface area (Å²) in [6, 6.07) is 1.76. The van der Waals surface area contributed by atoms with Crippen molar-refractivity contribution in [2.45, 2.75) is 157 Å². The molecule has 0 amide bonds. The van der Waals surface area contributed by atoms with Crippen molar-refractivity contribution in [3.63, 3.8) is 0 Å². The van der Waals surface area contributed by atoms with Gasteiger partial charge in [-0.3, -0.25) is 14.1 Å². The lowest BCUT2D eigenvalue weighted by atomic mass is 9.75. The van der Waals surface area contributed by atoms with E-state index in [-0.39, 0.29) is 22.8 Å². The van der Waals surface area contributed by atoms with E-state index in [4.69, 9.17) is 4.74 Å². The van der Waals surface area contributed by atoms with Crippen LogP contribution in [0.25, 0.3) is 0 Å². The summed E-state index contributed by atoms with van der Waals surface area (Å²) in [6.07, 6.45) is 4.59. The average molecular weight is 527 g/mol. The summed E-state index contributed by atoms with van der Waals surface area (Å²) in [5.41, 5.74) is 0. The number of hydrogen-bond donors (Lipinski definition) is 0. The normalized spacial score (nSPS) is 30.1. The molecule has 0 spiro atoms. The van der Waals surface area contributed by atoms with Gasteiger partial charge in [0, 0.05) is 37.2 Å². The summed E-state index contributed by atoms with van der Waals surface area (Å²) in [6.45, 7) is 33.2. The predicted molar refractivity (Wildman–Crippen MR) is 157 cm³/mol. The molecule has 0 unspecified atom stereocenters. The minimum absolute atomic E-state index is 0.0466. The molecule has 0 saturated heterocycles. The zero-order chi connectivity index (χ0) is 27.0. The van der Waals surface area contributed by atoms with Gasteiger partial charge >= 0.3 is 5.97 Å². The van der Waals surface area contributed by atoms with Gasteiger partial charge in [0.25, 0.3) is 0 Å². The van der Waals surface area contributed by atoms with E-state index in [0.717, 1.165) is 12.8 Å². The lowest BCUT2D eigenvalue weighted by Gasteiger charge is -2.54. The Bertz CT molecular complexity index is 669. The molecule has 2 aliphatic rings. The van der Waals surface area contributed by atoms with Crippen molar-refractivity contribution in [3.8, 4) is 0 Å². The molecule has 206 valence electrons. The van der Waals surface area contributed by atoms with E-state index < -0.39 is 16.3 Å². The van der Waals surface area contributed by atoms with Crippen molar-refractivity contribution in [1.82, 2.24) is 9.34 Å². The average Bonchev–Trinajstić information content (AvgIpc) is 3.43. The molecule has 2 saturated carbocycles. The maximum absolute atomic E-state index is 14.0. The molecule has 6 heteroatoms. The highest BCUT2D eigenvalue weighted by atomic mass is 31.1. The molecule has 2 fully saturated rings. The number of carbonyl (C=O) groups is 1. The van der Waals surface area contributed by atoms with Crippen LogP contribution in [0.15, 0.2) is 0 Å². The van der Waals surface area contributed by atoms with Crippen molar-refractivity contribution >= 4 is 22.3 Å². The molecule has 4 nitrogen and oxygen atoms in total. The summed E-state index contributed by atoms with van der Waals surface area (Å²) in [5, 5.41) is 0. The SMILES string of the molecule is CC(C)[C@@H]1CC[C@@H](C)C[C@H]1OC(=O)[C@@H]1C[C@@]1(P(N(C(C)C)C(C)C)N(C(C)C)C(C)C)[Si](C)(C)C. The summed E-state index contributed by atoms with van der Waals surface area (Å²) in [7, 11) is -2.41. The molecule has 5 atom stereocenters.